The standard InChI is InChI=1S/C25H49N2/c1-5-7-8-9-10-11-12-13-14-15-16-17-18-19-21-27-23-22-26(20-6-2)25(27)24(3)4/h22-24H,5-21H2,1-4H3/q+1. The Morgan fingerprint density at radius 1 is 0.704 bits per heavy atom. The summed E-state index contributed by atoms with van der Waals surface area (Å²) in [6.45, 7) is 11.6. The average Bonchev–Trinajstić information content (AvgIpc) is 3.05. The second-order valence-corrected chi connectivity index (χ2v) is 8.79. The summed E-state index contributed by atoms with van der Waals surface area (Å²) < 4.78 is 4.95. The lowest BCUT2D eigenvalue weighted by molar-refractivity contribution is -0.705. The molecule has 0 radical (unpaired) electrons. The zero-order valence-corrected chi connectivity index (χ0v) is 19.1. The molecule has 0 saturated carbocycles. The molecule has 0 aromatic carbocycles. The molecule has 0 fully saturated rings. The second kappa shape index (κ2) is 16.2. The fourth-order valence-corrected chi connectivity index (χ4v) is 4.24. The number of hydrogen-bond acceptors (Lipinski definition) is 0. The Balaban J connectivity index is 1.99. The van der Waals surface area contributed by atoms with E-state index in [1.807, 2.05) is 0 Å². The van der Waals surface area contributed by atoms with Crippen molar-refractivity contribution in [1.29, 1.82) is 0 Å². The molecular weight excluding hydrogens is 328 g/mol. The van der Waals surface area contributed by atoms with Crippen molar-refractivity contribution in [2.75, 3.05) is 0 Å². The summed E-state index contributed by atoms with van der Waals surface area (Å²) >= 11 is 0. The monoisotopic (exact) mass is 377 g/mol. The Morgan fingerprint density at radius 3 is 1.63 bits per heavy atom. The molecule has 0 aliphatic rings. The van der Waals surface area contributed by atoms with E-state index in [1.165, 1.54) is 109 Å². The van der Waals surface area contributed by atoms with Gasteiger partial charge < -0.3 is 0 Å². The molecule has 0 atom stereocenters. The first-order chi connectivity index (χ1) is 13.2. The van der Waals surface area contributed by atoms with E-state index in [9.17, 15) is 0 Å². The summed E-state index contributed by atoms with van der Waals surface area (Å²) in [5.41, 5.74) is 0. The summed E-state index contributed by atoms with van der Waals surface area (Å²) in [6.07, 6.45) is 25.9. The van der Waals surface area contributed by atoms with E-state index in [0.717, 1.165) is 6.54 Å². The predicted octanol–water partition coefficient (Wildman–Crippen LogP) is 7.79. The van der Waals surface area contributed by atoms with Crippen molar-refractivity contribution in [1.82, 2.24) is 4.57 Å². The summed E-state index contributed by atoms with van der Waals surface area (Å²) in [7, 11) is 0. The van der Waals surface area contributed by atoms with Crippen LogP contribution in [0, 0.1) is 0 Å². The number of imidazole rings is 1. The fraction of sp³-hybridized carbons (Fsp3) is 0.880. The Labute approximate surface area is 170 Å². The highest BCUT2D eigenvalue weighted by Crippen LogP contribution is 2.14. The van der Waals surface area contributed by atoms with E-state index in [2.05, 4.69) is 49.2 Å². The van der Waals surface area contributed by atoms with Gasteiger partial charge in [-0.1, -0.05) is 105 Å². The summed E-state index contributed by atoms with van der Waals surface area (Å²) in [4.78, 5) is 0. The van der Waals surface area contributed by atoms with Crippen molar-refractivity contribution in [3.05, 3.63) is 18.2 Å². The molecule has 1 heterocycles. The summed E-state index contributed by atoms with van der Waals surface area (Å²) in [5.74, 6) is 2.12. The van der Waals surface area contributed by atoms with E-state index in [4.69, 9.17) is 0 Å². The third-order valence-electron chi connectivity index (χ3n) is 5.75. The van der Waals surface area contributed by atoms with Gasteiger partial charge in [0.05, 0.1) is 19.0 Å². The molecule has 1 aromatic heterocycles. The van der Waals surface area contributed by atoms with Crippen molar-refractivity contribution in [2.45, 2.75) is 143 Å². The second-order valence-electron chi connectivity index (χ2n) is 8.79. The van der Waals surface area contributed by atoms with Gasteiger partial charge in [-0.2, -0.15) is 0 Å². The maximum absolute atomic E-state index is 2.50. The quantitative estimate of drug-likeness (QED) is 0.182. The molecule has 0 amide bonds. The molecular formula is C25H49N2+. The van der Waals surface area contributed by atoms with Crippen LogP contribution in [0.1, 0.15) is 136 Å². The molecule has 2 heteroatoms. The number of hydrogen-bond donors (Lipinski definition) is 0. The third kappa shape index (κ3) is 11.0. The smallest absolute Gasteiger partial charge is 0.234 e. The van der Waals surface area contributed by atoms with Crippen LogP contribution < -0.4 is 4.57 Å². The lowest BCUT2D eigenvalue weighted by Crippen LogP contribution is -2.38. The summed E-state index contributed by atoms with van der Waals surface area (Å²) in [6, 6.07) is 0. The largest absolute Gasteiger partial charge is 0.258 e. The number of aryl methyl sites for hydroxylation is 2. The minimum absolute atomic E-state index is 0.609. The Hall–Kier alpha value is -0.790. The molecule has 0 bridgehead atoms. The number of unbranched alkanes of at least 4 members (excludes halogenated alkanes) is 13. The number of nitrogens with zero attached hydrogens (tertiary/aromatic N) is 2. The van der Waals surface area contributed by atoms with E-state index in [-0.39, 0.29) is 0 Å². The van der Waals surface area contributed by atoms with Crippen LogP contribution in [0.4, 0.5) is 0 Å². The highest BCUT2D eigenvalue weighted by Gasteiger charge is 2.19. The molecule has 1 rings (SSSR count). The Morgan fingerprint density at radius 2 is 1.19 bits per heavy atom. The normalized spacial score (nSPS) is 11.6. The van der Waals surface area contributed by atoms with Crippen LogP contribution in [0.3, 0.4) is 0 Å². The molecule has 27 heavy (non-hydrogen) atoms. The van der Waals surface area contributed by atoms with Gasteiger partial charge >= 0.3 is 0 Å². The van der Waals surface area contributed by atoms with Gasteiger partial charge in [-0.05, 0) is 19.3 Å². The summed E-state index contributed by atoms with van der Waals surface area (Å²) in [5, 5.41) is 0. The topological polar surface area (TPSA) is 8.81 Å². The van der Waals surface area contributed by atoms with Gasteiger partial charge in [0, 0.05) is 0 Å². The minimum Gasteiger partial charge on any atom is -0.234 e. The third-order valence-corrected chi connectivity index (χ3v) is 5.75. The lowest BCUT2D eigenvalue weighted by atomic mass is 10.0. The first kappa shape index (κ1) is 24.2. The Kier molecular flexibility index (Phi) is 14.5. The van der Waals surface area contributed by atoms with Gasteiger partial charge in [-0.15, -0.1) is 0 Å². The van der Waals surface area contributed by atoms with Crippen LogP contribution in [0.5, 0.6) is 0 Å². The van der Waals surface area contributed by atoms with E-state index < -0.39 is 0 Å². The van der Waals surface area contributed by atoms with Crippen molar-refractivity contribution in [3.63, 3.8) is 0 Å². The van der Waals surface area contributed by atoms with Gasteiger partial charge in [0.15, 0.2) is 0 Å². The van der Waals surface area contributed by atoms with Gasteiger partial charge in [0.25, 0.3) is 5.82 Å². The highest BCUT2D eigenvalue weighted by molar-refractivity contribution is 4.89. The lowest BCUT2D eigenvalue weighted by Gasteiger charge is -2.07. The molecule has 0 N–H and O–H groups in total. The van der Waals surface area contributed by atoms with Crippen LogP contribution in [-0.4, -0.2) is 4.57 Å². The number of aromatic nitrogens is 2. The molecule has 2 nitrogen and oxygen atoms in total. The maximum Gasteiger partial charge on any atom is 0.258 e. The van der Waals surface area contributed by atoms with Crippen LogP contribution in [-0.2, 0) is 13.1 Å². The van der Waals surface area contributed by atoms with Gasteiger partial charge in [-0.25, -0.2) is 9.13 Å². The van der Waals surface area contributed by atoms with Gasteiger partial charge in [0.1, 0.15) is 12.4 Å². The van der Waals surface area contributed by atoms with E-state index >= 15 is 0 Å². The zero-order chi connectivity index (χ0) is 19.7. The van der Waals surface area contributed by atoms with Crippen molar-refractivity contribution in [3.8, 4) is 0 Å². The van der Waals surface area contributed by atoms with E-state index in [0.29, 0.717) is 5.92 Å². The first-order valence-electron chi connectivity index (χ1n) is 12.3. The molecule has 0 saturated heterocycles. The van der Waals surface area contributed by atoms with Crippen LogP contribution in [0.2, 0.25) is 0 Å². The van der Waals surface area contributed by atoms with Crippen LogP contribution in [0.15, 0.2) is 12.4 Å². The zero-order valence-electron chi connectivity index (χ0n) is 19.1. The van der Waals surface area contributed by atoms with Crippen molar-refractivity contribution < 1.29 is 4.57 Å². The van der Waals surface area contributed by atoms with Gasteiger partial charge in [-0.3, -0.25) is 0 Å². The van der Waals surface area contributed by atoms with Crippen molar-refractivity contribution >= 4 is 0 Å². The fourth-order valence-electron chi connectivity index (χ4n) is 4.24. The highest BCUT2D eigenvalue weighted by atomic mass is 15.1. The Bertz CT molecular complexity index is 447. The molecule has 1 aromatic rings. The minimum atomic E-state index is 0.609. The van der Waals surface area contributed by atoms with Crippen molar-refractivity contribution in [2.24, 2.45) is 0 Å². The first-order valence-corrected chi connectivity index (χ1v) is 12.3. The van der Waals surface area contributed by atoms with E-state index in [1.54, 1.807) is 0 Å². The van der Waals surface area contributed by atoms with Crippen LogP contribution >= 0.6 is 0 Å². The molecule has 0 unspecified atom stereocenters. The maximum atomic E-state index is 2.50. The molecule has 158 valence electrons. The predicted molar refractivity (Wildman–Crippen MR) is 119 cm³/mol. The number of rotatable bonds is 18. The molecule has 0 aliphatic heterocycles. The molecule has 0 aliphatic carbocycles. The van der Waals surface area contributed by atoms with Gasteiger partial charge in [0.2, 0.25) is 0 Å². The average molecular weight is 378 g/mol. The molecule has 0 spiro atoms. The van der Waals surface area contributed by atoms with Crippen LogP contribution in [0.25, 0.3) is 0 Å². The SMILES string of the molecule is CCCCCCCCCCCCCCCC[n+]1ccn(CCC)c1C(C)C.